The van der Waals surface area contributed by atoms with Gasteiger partial charge in [0.25, 0.3) is 0 Å². The first-order valence-electron chi connectivity index (χ1n) is 7.30. The van der Waals surface area contributed by atoms with E-state index in [2.05, 4.69) is 20.7 Å². The smallest absolute Gasteiger partial charge is 0.407 e. The van der Waals surface area contributed by atoms with Crippen LogP contribution in [0.25, 0.3) is 0 Å². The van der Waals surface area contributed by atoms with Gasteiger partial charge in [-0.1, -0.05) is 32.9 Å². The van der Waals surface area contributed by atoms with Crippen molar-refractivity contribution in [2.75, 3.05) is 6.54 Å². The number of likely N-dealkylation sites (tertiary alicyclic amines) is 1. The van der Waals surface area contributed by atoms with Gasteiger partial charge in [0.05, 0.1) is 10.9 Å². The van der Waals surface area contributed by atoms with Gasteiger partial charge < -0.3 is 10.0 Å². The molecular formula is C15H21BrN2O4S. The van der Waals surface area contributed by atoms with Crippen molar-refractivity contribution in [2.45, 2.75) is 44.2 Å². The standard InChI is InChI=1S/C15H21BrN2O4S/c1-15(2,3)13-11(8-9-18(13)14(19)20)17-23(21,22)12-7-5-4-6-10(12)16/h4-7,11,13,17H,8-9H2,1-3H3,(H,19,20)/t11-,13?/m0/s1. The van der Waals surface area contributed by atoms with Crippen molar-refractivity contribution < 1.29 is 18.3 Å². The third-order valence-corrected chi connectivity index (χ3v) is 6.47. The van der Waals surface area contributed by atoms with E-state index in [1.54, 1.807) is 18.2 Å². The van der Waals surface area contributed by atoms with E-state index < -0.39 is 28.2 Å². The summed E-state index contributed by atoms with van der Waals surface area (Å²) in [5, 5.41) is 9.37. The molecular weight excluding hydrogens is 384 g/mol. The number of amides is 1. The van der Waals surface area contributed by atoms with E-state index in [1.165, 1.54) is 11.0 Å². The Morgan fingerprint density at radius 2 is 1.96 bits per heavy atom. The Bertz CT molecular complexity index is 700. The van der Waals surface area contributed by atoms with Crippen LogP contribution >= 0.6 is 15.9 Å². The van der Waals surface area contributed by atoms with Crippen molar-refractivity contribution in [3.8, 4) is 0 Å². The second-order valence-corrected chi connectivity index (χ2v) is 9.27. The Kier molecular flexibility index (Phi) is 5.08. The molecule has 1 amide bonds. The monoisotopic (exact) mass is 404 g/mol. The summed E-state index contributed by atoms with van der Waals surface area (Å²) in [5.74, 6) is 0. The van der Waals surface area contributed by atoms with Gasteiger partial charge in [-0.15, -0.1) is 0 Å². The lowest BCUT2D eigenvalue weighted by Crippen LogP contribution is -2.52. The summed E-state index contributed by atoms with van der Waals surface area (Å²) in [6.45, 7) is 6.07. The highest BCUT2D eigenvalue weighted by molar-refractivity contribution is 9.10. The fourth-order valence-corrected chi connectivity index (χ4v) is 5.41. The highest BCUT2D eigenvalue weighted by atomic mass is 79.9. The Labute approximate surface area is 145 Å². The molecule has 0 bridgehead atoms. The number of carboxylic acid groups (broad SMARTS) is 1. The Morgan fingerprint density at radius 1 is 1.35 bits per heavy atom. The molecule has 0 spiro atoms. The van der Waals surface area contributed by atoms with E-state index in [9.17, 15) is 18.3 Å². The molecule has 1 heterocycles. The second-order valence-electron chi connectivity index (χ2n) is 6.73. The van der Waals surface area contributed by atoms with Crippen molar-refractivity contribution in [3.05, 3.63) is 28.7 Å². The average Bonchev–Trinajstić information content (AvgIpc) is 2.82. The van der Waals surface area contributed by atoms with Crippen LogP contribution in [-0.4, -0.2) is 43.1 Å². The van der Waals surface area contributed by atoms with Crippen LogP contribution in [0, 0.1) is 5.41 Å². The van der Waals surface area contributed by atoms with Crippen LogP contribution in [0.15, 0.2) is 33.6 Å². The summed E-state index contributed by atoms with van der Waals surface area (Å²) in [7, 11) is -3.73. The molecule has 8 heteroatoms. The first-order chi connectivity index (χ1) is 10.5. The first-order valence-corrected chi connectivity index (χ1v) is 9.58. The van der Waals surface area contributed by atoms with Crippen LogP contribution in [0.1, 0.15) is 27.2 Å². The third-order valence-electron chi connectivity index (χ3n) is 3.96. The lowest BCUT2D eigenvalue weighted by molar-refractivity contribution is 0.0999. The number of sulfonamides is 1. The summed E-state index contributed by atoms with van der Waals surface area (Å²) in [6, 6.07) is 5.69. The van der Waals surface area contributed by atoms with Crippen molar-refractivity contribution in [2.24, 2.45) is 5.41 Å². The molecule has 0 aliphatic carbocycles. The van der Waals surface area contributed by atoms with Gasteiger partial charge in [-0.2, -0.15) is 0 Å². The zero-order valence-corrected chi connectivity index (χ0v) is 15.7. The maximum atomic E-state index is 12.7. The van der Waals surface area contributed by atoms with Gasteiger partial charge in [-0.25, -0.2) is 17.9 Å². The number of rotatable bonds is 3. The molecule has 1 aromatic rings. The van der Waals surface area contributed by atoms with Crippen molar-refractivity contribution >= 4 is 32.0 Å². The molecule has 23 heavy (non-hydrogen) atoms. The molecule has 2 atom stereocenters. The largest absolute Gasteiger partial charge is 0.465 e. The topological polar surface area (TPSA) is 86.7 Å². The Morgan fingerprint density at radius 3 is 2.48 bits per heavy atom. The molecule has 2 rings (SSSR count). The van der Waals surface area contributed by atoms with Crippen molar-refractivity contribution in [1.29, 1.82) is 0 Å². The minimum atomic E-state index is -3.73. The van der Waals surface area contributed by atoms with Gasteiger partial charge in [-0.3, -0.25) is 0 Å². The van der Waals surface area contributed by atoms with Gasteiger partial charge in [0, 0.05) is 17.1 Å². The highest BCUT2D eigenvalue weighted by Crippen LogP contribution is 2.34. The molecule has 1 fully saturated rings. The summed E-state index contributed by atoms with van der Waals surface area (Å²) >= 11 is 3.25. The fourth-order valence-electron chi connectivity index (χ4n) is 3.13. The molecule has 2 N–H and O–H groups in total. The van der Waals surface area contributed by atoms with E-state index in [-0.39, 0.29) is 10.3 Å². The molecule has 128 valence electrons. The van der Waals surface area contributed by atoms with Crippen molar-refractivity contribution in [1.82, 2.24) is 9.62 Å². The zero-order valence-electron chi connectivity index (χ0n) is 13.3. The molecule has 1 aromatic carbocycles. The maximum Gasteiger partial charge on any atom is 0.407 e. The number of benzene rings is 1. The minimum Gasteiger partial charge on any atom is -0.465 e. The SMILES string of the molecule is CC(C)(C)C1[C@@H](NS(=O)(=O)c2ccccc2Br)CCN1C(=O)O. The van der Waals surface area contributed by atoms with Crippen LogP contribution < -0.4 is 4.72 Å². The average molecular weight is 405 g/mol. The molecule has 6 nitrogen and oxygen atoms in total. The van der Waals surface area contributed by atoms with E-state index in [0.29, 0.717) is 17.4 Å². The molecule has 0 saturated carbocycles. The predicted octanol–water partition coefficient (Wildman–Crippen LogP) is 2.89. The molecule has 1 aliphatic rings. The predicted molar refractivity (Wildman–Crippen MR) is 90.8 cm³/mol. The number of nitrogens with zero attached hydrogens (tertiary/aromatic N) is 1. The molecule has 1 aliphatic heterocycles. The van der Waals surface area contributed by atoms with E-state index in [0.717, 1.165) is 0 Å². The lowest BCUT2D eigenvalue weighted by atomic mass is 9.83. The van der Waals surface area contributed by atoms with Crippen LogP contribution in [0.2, 0.25) is 0 Å². The van der Waals surface area contributed by atoms with E-state index >= 15 is 0 Å². The summed E-state index contributed by atoms with van der Waals surface area (Å²) < 4.78 is 28.5. The third kappa shape index (κ3) is 3.87. The maximum absolute atomic E-state index is 12.7. The highest BCUT2D eigenvalue weighted by Gasteiger charge is 2.45. The Hall–Kier alpha value is -1.12. The minimum absolute atomic E-state index is 0.154. The quantitative estimate of drug-likeness (QED) is 0.810. The molecule has 1 unspecified atom stereocenters. The zero-order chi connectivity index (χ0) is 17.4. The van der Waals surface area contributed by atoms with Gasteiger partial charge in [0.1, 0.15) is 0 Å². The number of nitrogens with one attached hydrogen (secondary N) is 1. The normalized spacial score (nSPS) is 22.3. The lowest BCUT2D eigenvalue weighted by Gasteiger charge is -2.37. The number of hydrogen-bond donors (Lipinski definition) is 2. The van der Waals surface area contributed by atoms with Crippen LogP contribution in [0.5, 0.6) is 0 Å². The van der Waals surface area contributed by atoms with E-state index in [4.69, 9.17) is 0 Å². The fraction of sp³-hybridized carbons (Fsp3) is 0.533. The van der Waals surface area contributed by atoms with E-state index in [1.807, 2.05) is 20.8 Å². The molecule has 0 aromatic heterocycles. The second kappa shape index (κ2) is 6.41. The Balaban J connectivity index is 2.32. The van der Waals surface area contributed by atoms with Gasteiger partial charge in [0.2, 0.25) is 10.0 Å². The molecule has 1 saturated heterocycles. The number of halogens is 1. The van der Waals surface area contributed by atoms with Gasteiger partial charge in [-0.05, 0) is 39.9 Å². The van der Waals surface area contributed by atoms with Crippen LogP contribution in [0.3, 0.4) is 0 Å². The van der Waals surface area contributed by atoms with Gasteiger partial charge >= 0.3 is 6.09 Å². The van der Waals surface area contributed by atoms with Crippen molar-refractivity contribution in [3.63, 3.8) is 0 Å². The summed E-state index contributed by atoms with van der Waals surface area (Å²) in [6.07, 6.45) is -0.565. The first kappa shape index (κ1) is 18.2. The number of hydrogen-bond acceptors (Lipinski definition) is 3. The summed E-state index contributed by atoms with van der Waals surface area (Å²) in [4.78, 5) is 12.9. The van der Waals surface area contributed by atoms with Crippen LogP contribution in [-0.2, 0) is 10.0 Å². The molecule has 0 radical (unpaired) electrons. The van der Waals surface area contributed by atoms with Crippen LogP contribution in [0.4, 0.5) is 4.79 Å². The summed E-state index contributed by atoms with van der Waals surface area (Å²) in [5.41, 5.74) is -0.379. The van der Waals surface area contributed by atoms with Gasteiger partial charge in [0.15, 0.2) is 0 Å². The number of carbonyl (C=O) groups is 1.